The van der Waals surface area contributed by atoms with Crippen LogP contribution in [0.2, 0.25) is 0 Å². The normalized spacial score (nSPS) is 16.5. The number of piperidine rings is 1. The number of likely N-dealkylation sites (tertiary alicyclic amines) is 1. The van der Waals surface area contributed by atoms with Crippen molar-refractivity contribution in [2.75, 3.05) is 27.3 Å². The number of aromatic nitrogens is 2. The number of hydrogen-bond donors (Lipinski definition) is 1. The second-order valence-corrected chi connectivity index (χ2v) is 8.28. The molecule has 0 unspecified atom stereocenters. The first-order valence-corrected chi connectivity index (χ1v) is 10.8. The topological polar surface area (TPSA) is 84.5 Å². The van der Waals surface area contributed by atoms with Crippen LogP contribution in [0.15, 0.2) is 35.1 Å². The molecular formula is C24H24F3N3O4. The molecule has 1 aromatic carbocycles. The van der Waals surface area contributed by atoms with Gasteiger partial charge in [0, 0.05) is 36.5 Å². The molecule has 180 valence electrons. The van der Waals surface area contributed by atoms with Crippen molar-refractivity contribution in [3.8, 4) is 11.5 Å². The van der Waals surface area contributed by atoms with Crippen LogP contribution in [0.1, 0.15) is 46.1 Å². The van der Waals surface area contributed by atoms with Gasteiger partial charge >= 0.3 is 6.18 Å². The highest BCUT2D eigenvalue weighted by molar-refractivity contribution is 5.97. The van der Waals surface area contributed by atoms with E-state index in [-0.39, 0.29) is 23.0 Å². The van der Waals surface area contributed by atoms with Gasteiger partial charge in [0.05, 0.1) is 36.2 Å². The summed E-state index contributed by atoms with van der Waals surface area (Å²) < 4.78 is 51.0. The van der Waals surface area contributed by atoms with Crippen LogP contribution >= 0.6 is 0 Å². The first-order valence-electron chi connectivity index (χ1n) is 10.8. The molecule has 7 nitrogen and oxygen atoms in total. The summed E-state index contributed by atoms with van der Waals surface area (Å²) in [6.45, 7) is 2.27. The molecule has 0 bridgehead atoms. The number of pyridine rings is 2. The number of benzene rings is 1. The number of aryl methyl sites for hydroxylation is 1. The number of rotatable bonds is 4. The Morgan fingerprint density at radius 2 is 1.94 bits per heavy atom. The summed E-state index contributed by atoms with van der Waals surface area (Å²) in [7, 11) is 2.98. The van der Waals surface area contributed by atoms with Crippen molar-refractivity contribution in [2.45, 2.75) is 31.9 Å². The van der Waals surface area contributed by atoms with Crippen LogP contribution in [0.3, 0.4) is 0 Å². The number of halogens is 3. The fraction of sp³-hybridized carbons (Fsp3) is 0.375. The summed E-state index contributed by atoms with van der Waals surface area (Å²) in [5.74, 6) is 0.445. The number of aromatic amines is 1. The molecule has 1 aliphatic rings. The van der Waals surface area contributed by atoms with E-state index < -0.39 is 22.7 Å². The average Bonchev–Trinajstić information content (AvgIpc) is 2.81. The lowest BCUT2D eigenvalue weighted by Crippen LogP contribution is -2.39. The number of nitrogens with zero attached hydrogens (tertiary/aromatic N) is 2. The minimum absolute atomic E-state index is 0.00801. The van der Waals surface area contributed by atoms with E-state index in [2.05, 4.69) is 9.97 Å². The summed E-state index contributed by atoms with van der Waals surface area (Å²) in [4.78, 5) is 34.4. The smallest absolute Gasteiger partial charge is 0.417 e. The number of methoxy groups -OCH3 is 2. The zero-order valence-corrected chi connectivity index (χ0v) is 19.0. The maximum absolute atomic E-state index is 13.5. The summed E-state index contributed by atoms with van der Waals surface area (Å²) in [6.07, 6.45) is -3.33. The third-order valence-corrected chi connectivity index (χ3v) is 6.05. The van der Waals surface area contributed by atoms with E-state index in [1.807, 2.05) is 0 Å². The van der Waals surface area contributed by atoms with Crippen LogP contribution in [-0.2, 0) is 6.18 Å². The SMILES string of the molecule is COc1ccc(C(=O)N2CCC[C@@H](c3cc4nc(C)cc(C(F)(F)F)c4c(=O)[nH]3)C2)c(OC)c1. The number of ether oxygens (including phenoxy) is 2. The summed E-state index contributed by atoms with van der Waals surface area (Å²) >= 11 is 0. The number of nitrogens with one attached hydrogen (secondary N) is 1. The first kappa shape index (κ1) is 23.6. The van der Waals surface area contributed by atoms with Gasteiger partial charge < -0.3 is 19.4 Å². The Labute approximate surface area is 193 Å². The number of fused-ring (bicyclic) bond motifs is 1. The maximum Gasteiger partial charge on any atom is 0.417 e. The minimum atomic E-state index is -4.67. The molecule has 3 heterocycles. The lowest BCUT2D eigenvalue weighted by Gasteiger charge is -2.33. The van der Waals surface area contributed by atoms with E-state index in [9.17, 15) is 22.8 Å². The standard InChI is InChI=1S/C24H24F3N3O4/c1-13-9-17(24(25,26)27)21-19(28-13)11-18(29-22(21)31)14-5-4-8-30(12-14)23(32)16-7-6-15(33-2)10-20(16)34-3/h6-7,9-11,14H,4-5,8,12H2,1-3H3,(H,29,31)/t14-/m1/s1. The van der Waals surface area contributed by atoms with Gasteiger partial charge in [-0.1, -0.05) is 0 Å². The van der Waals surface area contributed by atoms with Crippen LogP contribution in [0.4, 0.5) is 13.2 Å². The summed E-state index contributed by atoms with van der Waals surface area (Å²) in [6, 6.07) is 7.30. The highest BCUT2D eigenvalue weighted by Crippen LogP contribution is 2.35. The van der Waals surface area contributed by atoms with E-state index in [0.29, 0.717) is 48.7 Å². The van der Waals surface area contributed by atoms with E-state index in [4.69, 9.17) is 9.47 Å². The first-order chi connectivity index (χ1) is 16.1. The summed E-state index contributed by atoms with van der Waals surface area (Å²) in [5, 5.41) is -0.478. The number of hydrogen-bond acceptors (Lipinski definition) is 5. The molecule has 1 atom stereocenters. The van der Waals surface area contributed by atoms with Crippen molar-refractivity contribution >= 4 is 16.8 Å². The Bertz CT molecular complexity index is 1300. The molecule has 2 aromatic heterocycles. The van der Waals surface area contributed by atoms with Crippen LogP contribution in [0.25, 0.3) is 10.9 Å². The van der Waals surface area contributed by atoms with Crippen molar-refractivity contribution in [3.63, 3.8) is 0 Å². The van der Waals surface area contributed by atoms with Crippen molar-refractivity contribution in [1.82, 2.24) is 14.9 Å². The van der Waals surface area contributed by atoms with Crippen LogP contribution in [0.5, 0.6) is 11.5 Å². The Morgan fingerprint density at radius 3 is 2.62 bits per heavy atom. The number of carbonyl (C=O) groups is 1. The molecule has 1 fully saturated rings. The zero-order chi connectivity index (χ0) is 24.6. The van der Waals surface area contributed by atoms with Gasteiger partial charge in [0.1, 0.15) is 11.5 Å². The Morgan fingerprint density at radius 1 is 1.18 bits per heavy atom. The predicted molar refractivity (Wildman–Crippen MR) is 120 cm³/mol. The van der Waals surface area contributed by atoms with E-state index in [0.717, 1.165) is 6.07 Å². The van der Waals surface area contributed by atoms with Gasteiger partial charge in [-0.3, -0.25) is 14.6 Å². The highest BCUT2D eigenvalue weighted by Gasteiger charge is 2.35. The zero-order valence-electron chi connectivity index (χ0n) is 19.0. The molecule has 34 heavy (non-hydrogen) atoms. The minimum Gasteiger partial charge on any atom is -0.497 e. The number of H-pyrrole nitrogens is 1. The molecule has 1 saturated heterocycles. The number of amides is 1. The van der Waals surface area contributed by atoms with Gasteiger partial charge in [0.25, 0.3) is 11.5 Å². The molecule has 0 aliphatic carbocycles. The van der Waals surface area contributed by atoms with Crippen molar-refractivity contribution in [3.05, 3.63) is 63.2 Å². The van der Waals surface area contributed by atoms with Gasteiger partial charge in [-0.05, 0) is 44.0 Å². The third-order valence-electron chi connectivity index (χ3n) is 6.05. The molecular weight excluding hydrogens is 451 g/mol. The van der Waals surface area contributed by atoms with Crippen molar-refractivity contribution < 1.29 is 27.4 Å². The molecule has 3 aromatic rings. The molecule has 4 rings (SSSR count). The van der Waals surface area contributed by atoms with Crippen LogP contribution in [0, 0.1) is 6.92 Å². The Kier molecular flexibility index (Phi) is 6.24. The second kappa shape index (κ2) is 9.00. The maximum atomic E-state index is 13.5. The second-order valence-electron chi connectivity index (χ2n) is 8.28. The van der Waals surface area contributed by atoms with Gasteiger partial charge in [-0.15, -0.1) is 0 Å². The number of alkyl halides is 3. The largest absolute Gasteiger partial charge is 0.497 e. The fourth-order valence-corrected chi connectivity index (χ4v) is 4.42. The monoisotopic (exact) mass is 475 g/mol. The van der Waals surface area contributed by atoms with E-state index in [1.54, 1.807) is 23.1 Å². The number of carbonyl (C=O) groups excluding carboxylic acids is 1. The quantitative estimate of drug-likeness (QED) is 0.609. The molecule has 1 N–H and O–H groups in total. The molecule has 0 saturated carbocycles. The van der Waals surface area contributed by atoms with Crippen LogP contribution in [-0.4, -0.2) is 48.1 Å². The fourth-order valence-electron chi connectivity index (χ4n) is 4.42. The summed E-state index contributed by atoms with van der Waals surface area (Å²) in [5.41, 5.74) is -0.844. The molecule has 1 amide bonds. The Balaban J connectivity index is 1.67. The van der Waals surface area contributed by atoms with E-state index >= 15 is 0 Å². The van der Waals surface area contributed by atoms with Gasteiger partial charge in [-0.2, -0.15) is 13.2 Å². The van der Waals surface area contributed by atoms with Crippen LogP contribution < -0.4 is 15.0 Å². The van der Waals surface area contributed by atoms with E-state index in [1.165, 1.54) is 27.2 Å². The molecule has 0 radical (unpaired) electrons. The third kappa shape index (κ3) is 4.44. The lowest BCUT2D eigenvalue weighted by atomic mass is 9.93. The molecule has 0 spiro atoms. The van der Waals surface area contributed by atoms with Gasteiger partial charge in [-0.25, -0.2) is 0 Å². The predicted octanol–water partition coefficient (Wildman–Crippen LogP) is 4.29. The molecule has 10 heteroatoms. The average molecular weight is 475 g/mol. The van der Waals surface area contributed by atoms with Crippen molar-refractivity contribution in [2.24, 2.45) is 0 Å². The Hall–Kier alpha value is -3.56. The highest BCUT2D eigenvalue weighted by atomic mass is 19.4. The lowest BCUT2D eigenvalue weighted by molar-refractivity contribution is -0.136. The van der Waals surface area contributed by atoms with Gasteiger partial charge in [0.2, 0.25) is 0 Å². The van der Waals surface area contributed by atoms with Crippen molar-refractivity contribution in [1.29, 1.82) is 0 Å². The van der Waals surface area contributed by atoms with Gasteiger partial charge in [0.15, 0.2) is 0 Å². The molecule has 1 aliphatic heterocycles.